The number of rotatable bonds is 5. The monoisotopic (exact) mass is 420 g/mol. The fraction of sp³-hybridized carbons (Fsp3) is 0.643. The van der Waals surface area contributed by atoms with Crippen LogP contribution in [-0.2, 0) is 15.0 Å². The lowest BCUT2D eigenvalue weighted by atomic mass is 10.1. The van der Waals surface area contributed by atoms with Gasteiger partial charge in [0.1, 0.15) is 30.2 Å². The van der Waals surface area contributed by atoms with Crippen LogP contribution in [-0.4, -0.2) is 90.6 Å². The number of nitrogens with two attached hydrogens (primary N) is 1. The summed E-state index contributed by atoms with van der Waals surface area (Å²) in [4.78, 5) is 11.9. The van der Waals surface area contributed by atoms with Crippen LogP contribution in [0, 0.1) is 0 Å². The number of ether oxygens (including phenoxy) is 1. The van der Waals surface area contributed by atoms with Crippen molar-refractivity contribution in [1.29, 1.82) is 0 Å². The Bertz CT molecular complexity index is 891. The van der Waals surface area contributed by atoms with E-state index in [4.69, 9.17) is 20.1 Å². The van der Waals surface area contributed by atoms with E-state index in [0.717, 1.165) is 4.31 Å². The zero-order valence-electron chi connectivity index (χ0n) is 15.3. The minimum absolute atomic E-state index is 0.218. The fourth-order valence-corrected chi connectivity index (χ4v) is 3.01. The van der Waals surface area contributed by atoms with Crippen LogP contribution in [0.1, 0.15) is 19.6 Å². The van der Waals surface area contributed by atoms with Crippen molar-refractivity contribution in [1.82, 2.24) is 23.8 Å². The molecule has 0 bridgehead atoms. The van der Waals surface area contributed by atoms with Gasteiger partial charge in [-0.3, -0.25) is 9.12 Å². The molecule has 158 valence electrons. The molecule has 13 nitrogen and oxygen atoms in total. The van der Waals surface area contributed by atoms with E-state index in [1.165, 1.54) is 24.3 Å². The Labute approximate surface area is 161 Å². The van der Waals surface area contributed by atoms with Crippen molar-refractivity contribution in [3.05, 3.63) is 12.7 Å². The van der Waals surface area contributed by atoms with Crippen molar-refractivity contribution in [2.45, 2.75) is 37.9 Å². The first-order chi connectivity index (χ1) is 13.1. The molecule has 1 fully saturated rings. The quantitative estimate of drug-likeness (QED) is 0.340. The van der Waals surface area contributed by atoms with Crippen molar-refractivity contribution in [2.24, 2.45) is 0 Å². The molecule has 0 aliphatic carbocycles. The van der Waals surface area contributed by atoms with Gasteiger partial charge in [0.2, 0.25) is 0 Å². The number of nitrogens with zero attached hydrogens (tertiary/aromatic N) is 5. The number of aromatic nitrogens is 4. The van der Waals surface area contributed by atoms with E-state index in [1.54, 1.807) is 0 Å². The second-order valence-electron chi connectivity index (χ2n) is 6.11. The molecule has 3 heterocycles. The Kier molecular flexibility index (Phi) is 7.22. The van der Waals surface area contributed by atoms with Gasteiger partial charge in [0, 0.05) is 13.6 Å². The van der Waals surface area contributed by atoms with Gasteiger partial charge >= 0.3 is 10.3 Å². The van der Waals surface area contributed by atoms with Gasteiger partial charge in [0.25, 0.3) is 0 Å². The highest BCUT2D eigenvalue weighted by atomic mass is 32.2. The van der Waals surface area contributed by atoms with E-state index in [0.29, 0.717) is 24.1 Å². The number of nitrogen functional groups attached to an aromatic ring is 1. The molecule has 1 aliphatic rings. The first-order valence-corrected chi connectivity index (χ1v) is 9.75. The third kappa shape index (κ3) is 4.72. The molecule has 0 aromatic carbocycles. The number of imidazole rings is 1. The molecule has 14 heteroatoms. The highest BCUT2D eigenvalue weighted by molar-refractivity contribution is 7.83. The Morgan fingerprint density at radius 2 is 1.96 bits per heavy atom. The lowest BCUT2D eigenvalue weighted by Gasteiger charge is -2.16. The standard InChI is InChI=1S/C10H13N5O4.C4H11NO3S/c11-8-5-9(13-2-12-8)15(3-14-5)10-7(18)6(17)4(1-16)19-10;1-3-4-5(2)9(6,7)8/h2-4,6-7,10,16-18H,1H2,(H2,11,12,13);3-4H2,1-2H3,(H,6,7,8)/t4-,6-,7-,10-;/m1./s1. The molecule has 4 atom stereocenters. The molecular formula is C14H24N6O7S. The first kappa shape index (κ1) is 22.4. The molecule has 2 aromatic heterocycles. The van der Waals surface area contributed by atoms with Gasteiger partial charge < -0.3 is 25.8 Å². The van der Waals surface area contributed by atoms with Crippen molar-refractivity contribution in [3.8, 4) is 0 Å². The van der Waals surface area contributed by atoms with E-state index in [1.807, 2.05) is 6.92 Å². The molecule has 1 saturated heterocycles. The van der Waals surface area contributed by atoms with E-state index in [-0.39, 0.29) is 5.82 Å². The minimum Gasteiger partial charge on any atom is -0.394 e. The number of hydrogen-bond acceptors (Lipinski definition) is 10. The lowest BCUT2D eigenvalue weighted by Crippen LogP contribution is -2.33. The Hall–Kier alpha value is -1.94. The molecule has 2 aromatic rings. The maximum Gasteiger partial charge on any atom is 0.335 e. The molecule has 0 amide bonds. The van der Waals surface area contributed by atoms with Gasteiger partial charge in [-0.15, -0.1) is 0 Å². The van der Waals surface area contributed by atoms with E-state index in [2.05, 4.69) is 15.0 Å². The Morgan fingerprint density at radius 1 is 1.29 bits per heavy atom. The third-order valence-electron chi connectivity index (χ3n) is 4.11. The maximum atomic E-state index is 10.2. The van der Waals surface area contributed by atoms with E-state index >= 15 is 0 Å². The average Bonchev–Trinajstić information content (AvgIpc) is 3.18. The van der Waals surface area contributed by atoms with Crippen molar-refractivity contribution >= 4 is 27.3 Å². The predicted octanol–water partition coefficient (Wildman–Crippen LogP) is -1.85. The van der Waals surface area contributed by atoms with Gasteiger partial charge in [-0.1, -0.05) is 6.92 Å². The molecular weight excluding hydrogens is 396 g/mol. The van der Waals surface area contributed by atoms with E-state index in [9.17, 15) is 18.6 Å². The molecule has 0 spiro atoms. The molecule has 0 radical (unpaired) electrons. The van der Waals surface area contributed by atoms with Gasteiger partial charge in [-0.2, -0.15) is 12.7 Å². The Morgan fingerprint density at radius 3 is 2.46 bits per heavy atom. The lowest BCUT2D eigenvalue weighted by molar-refractivity contribution is -0.0511. The van der Waals surface area contributed by atoms with Crippen molar-refractivity contribution in [3.63, 3.8) is 0 Å². The molecule has 28 heavy (non-hydrogen) atoms. The van der Waals surface area contributed by atoms with Crippen molar-refractivity contribution < 1.29 is 33.0 Å². The largest absolute Gasteiger partial charge is 0.394 e. The minimum atomic E-state index is -3.93. The van der Waals surface area contributed by atoms with Crippen LogP contribution >= 0.6 is 0 Å². The normalized spacial score (nSPS) is 25.1. The Balaban J connectivity index is 0.000000266. The van der Waals surface area contributed by atoms with Crippen molar-refractivity contribution in [2.75, 3.05) is 25.9 Å². The van der Waals surface area contributed by atoms with Crippen LogP contribution < -0.4 is 5.73 Å². The van der Waals surface area contributed by atoms with Crippen LogP contribution in [0.2, 0.25) is 0 Å². The molecule has 6 N–H and O–H groups in total. The number of aliphatic hydroxyl groups is 3. The number of hydrogen-bond donors (Lipinski definition) is 5. The summed E-state index contributed by atoms with van der Waals surface area (Å²) in [5.41, 5.74) is 6.44. The zero-order valence-corrected chi connectivity index (χ0v) is 16.1. The predicted molar refractivity (Wildman–Crippen MR) is 97.2 cm³/mol. The summed E-state index contributed by atoms with van der Waals surface area (Å²) in [6.07, 6.45) is -0.718. The summed E-state index contributed by atoms with van der Waals surface area (Å²) in [5.74, 6) is 0.218. The van der Waals surface area contributed by atoms with Gasteiger partial charge in [-0.05, 0) is 6.42 Å². The number of aliphatic hydroxyl groups excluding tert-OH is 3. The third-order valence-corrected chi connectivity index (χ3v) is 5.08. The summed E-state index contributed by atoms with van der Waals surface area (Å²) in [6, 6.07) is 0. The molecule has 1 aliphatic heterocycles. The van der Waals surface area contributed by atoms with Gasteiger partial charge in [0.05, 0.1) is 12.9 Å². The number of anilines is 1. The average molecular weight is 420 g/mol. The molecule has 0 saturated carbocycles. The highest BCUT2D eigenvalue weighted by Crippen LogP contribution is 2.31. The smallest absolute Gasteiger partial charge is 0.335 e. The van der Waals surface area contributed by atoms with Crippen LogP contribution in [0.25, 0.3) is 11.2 Å². The second-order valence-corrected chi connectivity index (χ2v) is 7.63. The van der Waals surface area contributed by atoms with Crippen LogP contribution in [0.4, 0.5) is 5.82 Å². The van der Waals surface area contributed by atoms with E-state index < -0.39 is 41.5 Å². The highest BCUT2D eigenvalue weighted by Gasteiger charge is 2.43. The first-order valence-electron chi connectivity index (χ1n) is 8.36. The summed E-state index contributed by atoms with van der Waals surface area (Å²) in [6.45, 7) is 1.80. The van der Waals surface area contributed by atoms with Crippen LogP contribution in [0.3, 0.4) is 0 Å². The SMILES string of the molecule is CCCN(C)S(=O)(=O)O.Nc1ncnc2c1ncn2[C@@H]1O[C@H](CO)[C@@H](O)[C@H]1O. The summed E-state index contributed by atoms with van der Waals surface area (Å²) in [5, 5.41) is 28.7. The second kappa shape index (κ2) is 9.04. The number of fused-ring (bicyclic) bond motifs is 1. The summed E-state index contributed by atoms with van der Waals surface area (Å²) < 4.78 is 36.5. The molecule has 0 unspecified atom stereocenters. The van der Waals surface area contributed by atoms with Gasteiger partial charge in [0.15, 0.2) is 17.7 Å². The zero-order chi connectivity index (χ0) is 21.1. The summed E-state index contributed by atoms with van der Waals surface area (Å²) in [7, 11) is -2.60. The summed E-state index contributed by atoms with van der Waals surface area (Å²) >= 11 is 0. The van der Waals surface area contributed by atoms with Crippen LogP contribution in [0.5, 0.6) is 0 Å². The topological polar surface area (TPSA) is 197 Å². The fourth-order valence-electron chi connectivity index (χ4n) is 2.60. The van der Waals surface area contributed by atoms with Gasteiger partial charge in [-0.25, -0.2) is 15.0 Å². The maximum absolute atomic E-state index is 10.2. The van der Waals surface area contributed by atoms with Crippen LogP contribution in [0.15, 0.2) is 12.7 Å². The molecule has 3 rings (SSSR count).